The second-order valence-electron chi connectivity index (χ2n) is 8.89. The van der Waals surface area contributed by atoms with Gasteiger partial charge in [0.25, 0.3) is 0 Å². The van der Waals surface area contributed by atoms with Gasteiger partial charge in [-0.05, 0) is 49.9 Å². The topological polar surface area (TPSA) is 34.9 Å². The lowest BCUT2D eigenvalue weighted by Crippen LogP contribution is -2.29. The van der Waals surface area contributed by atoms with Crippen molar-refractivity contribution >= 4 is 16.9 Å². The highest BCUT2D eigenvalue weighted by Crippen LogP contribution is 2.43. The van der Waals surface area contributed by atoms with Crippen molar-refractivity contribution in [2.45, 2.75) is 64.3 Å². The van der Waals surface area contributed by atoms with Gasteiger partial charge in [0.1, 0.15) is 0 Å². The fourth-order valence-corrected chi connectivity index (χ4v) is 4.83. The van der Waals surface area contributed by atoms with Crippen LogP contribution in [0.25, 0.3) is 10.9 Å². The molecule has 1 fully saturated rings. The number of hydrogen-bond donors (Lipinski definition) is 0. The molecule has 0 N–H and O–H groups in total. The fraction of sp³-hybridized carbons (Fsp3) is 0.440. The van der Waals surface area contributed by atoms with Crippen LogP contribution in [0.15, 0.2) is 54.7 Å². The summed E-state index contributed by atoms with van der Waals surface area (Å²) in [7, 11) is 0. The van der Waals surface area contributed by atoms with Gasteiger partial charge in [0, 0.05) is 11.3 Å². The van der Waals surface area contributed by atoms with Gasteiger partial charge in [0.15, 0.2) is 0 Å². The summed E-state index contributed by atoms with van der Waals surface area (Å²) < 4.78 is 16.2. The minimum atomic E-state index is -1.29. The molecule has 0 bridgehead atoms. The summed E-state index contributed by atoms with van der Waals surface area (Å²) in [5.74, 6) is -0.355. The van der Waals surface area contributed by atoms with E-state index in [2.05, 4.69) is 16.8 Å². The standard InChI is InChI=1S/C25H29FN2O/c1-25(2,24(26)29)23(18-10-6-5-7-11-18)19-14-15-22-20(16-19)17-27-28(22)21-12-8-3-4-9-13-21/h5-7,10-11,14-17,21,23H,3-4,8-9,12-13H2,1-2H3. The molecule has 0 spiro atoms. The molecule has 1 unspecified atom stereocenters. The van der Waals surface area contributed by atoms with Crippen molar-refractivity contribution < 1.29 is 9.18 Å². The number of rotatable bonds is 5. The van der Waals surface area contributed by atoms with Crippen molar-refractivity contribution in [3.8, 4) is 0 Å². The van der Waals surface area contributed by atoms with Crippen LogP contribution in [-0.2, 0) is 4.79 Å². The Labute approximate surface area is 171 Å². The number of halogens is 1. The molecule has 29 heavy (non-hydrogen) atoms. The monoisotopic (exact) mass is 392 g/mol. The second kappa shape index (κ2) is 8.10. The van der Waals surface area contributed by atoms with E-state index in [1.165, 1.54) is 38.5 Å². The molecule has 1 heterocycles. The van der Waals surface area contributed by atoms with E-state index in [9.17, 15) is 9.18 Å². The fourth-order valence-electron chi connectivity index (χ4n) is 4.83. The molecular weight excluding hydrogens is 363 g/mol. The summed E-state index contributed by atoms with van der Waals surface area (Å²) in [6.07, 6.45) is 9.40. The van der Waals surface area contributed by atoms with Crippen LogP contribution >= 0.6 is 0 Å². The molecule has 1 saturated carbocycles. The van der Waals surface area contributed by atoms with Crippen molar-refractivity contribution in [2.24, 2.45) is 5.41 Å². The Balaban J connectivity index is 1.76. The summed E-state index contributed by atoms with van der Waals surface area (Å²) in [6.45, 7) is 3.37. The number of carbonyl (C=O) groups excluding carboxylic acids is 1. The number of benzene rings is 2. The van der Waals surface area contributed by atoms with E-state index >= 15 is 0 Å². The lowest BCUT2D eigenvalue weighted by molar-refractivity contribution is -0.139. The van der Waals surface area contributed by atoms with Crippen molar-refractivity contribution in [1.29, 1.82) is 0 Å². The predicted molar refractivity (Wildman–Crippen MR) is 115 cm³/mol. The first-order valence-corrected chi connectivity index (χ1v) is 10.7. The lowest BCUT2D eigenvalue weighted by atomic mass is 9.71. The van der Waals surface area contributed by atoms with Crippen LogP contribution in [0.2, 0.25) is 0 Å². The van der Waals surface area contributed by atoms with Gasteiger partial charge in [-0.25, -0.2) is 0 Å². The van der Waals surface area contributed by atoms with E-state index in [0.29, 0.717) is 6.04 Å². The first-order valence-electron chi connectivity index (χ1n) is 10.7. The molecule has 0 saturated heterocycles. The Morgan fingerprint density at radius 1 is 1.03 bits per heavy atom. The van der Waals surface area contributed by atoms with Gasteiger partial charge in [-0.2, -0.15) is 9.49 Å². The van der Waals surface area contributed by atoms with Gasteiger partial charge in [0.05, 0.1) is 23.2 Å². The zero-order chi connectivity index (χ0) is 20.4. The molecule has 0 radical (unpaired) electrons. The van der Waals surface area contributed by atoms with Crippen LogP contribution in [0.4, 0.5) is 4.39 Å². The molecule has 0 aliphatic heterocycles. The van der Waals surface area contributed by atoms with Crippen LogP contribution in [0.1, 0.15) is 75.5 Å². The van der Waals surface area contributed by atoms with Crippen molar-refractivity contribution in [3.05, 3.63) is 65.9 Å². The molecule has 2 aromatic carbocycles. The van der Waals surface area contributed by atoms with Crippen molar-refractivity contribution in [3.63, 3.8) is 0 Å². The van der Waals surface area contributed by atoms with Gasteiger partial charge in [-0.3, -0.25) is 9.48 Å². The summed E-state index contributed by atoms with van der Waals surface area (Å²) in [4.78, 5) is 11.9. The molecule has 4 rings (SSSR count). The second-order valence-corrected chi connectivity index (χ2v) is 8.89. The average molecular weight is 393 g/mol. The molecule has 152 valence electrons. The number of carbonyl (C=O) groups is 1. The summed E-state index contributed by atoms with van der Waals surface area (Å²) in [5.41, 5.74) is 1.86. The highest BCUT2D eigenvalue weighted by atomic mass is 19.1. The quantitative estimate of drug-likeness (QED) is 0.363. The summed E-state index contributed by atoms with van der Waals surface area (Å²) in [5, 5.41) is 5.76. The maximum Gasteiger partial charge on any atom is 0.307 e. The number of aromatic nitrogens is 2. The molecule has 0 amide bonds. The van der Waals surface area contributed by atoms with Crippen molar-refractivity contribution in [2.75, 3.05) is 0 Å². The third kappa shape index (κ3) is 3.85. The molecule has 1 atom stereocenters. The van der Waals surface area contributed by atoms with Gasteiger partial charge in [-0.1, -0.05) is 62.1 Å². The maximum atomic E-state index is 14.0. The molecular formula is C25H29FN2O. The summed E-state index contributed by atoms with van der Waals surface area (Å²) >= 11 is 0. The third-order valence-corrected chi connectivity index (χ3v) is 6.48. The van der Waals surface area contributed by atoms with Gasteiger partial charge >= 0.3 is 6.04 Å². The Hall–Kier alpha value is -2.49. The largest absolute Gasteiger partial charge is 0.307 e. The van der Waals surface area contributed by atoms with E-state index < -0.39 is 11.5 Å². The zero-order valence-corrected chi connectivity index (χ0v) is 17.3. The van der Waals surface area contributed by atoms with E-state index in [1.54, 1.807) is 13.8 Å². The maximum absolute atomic E-state index is 14.0. The predicted octanol–water partition coefficient (Wildman–Crippen LogP) is 6.59. The Morgan fingerprint density at radius 3 is 2.38 bits per heavy atom. The van der Waals surface area contributed by atoms with E-state index in [1.807, 2.05) is 42.6 Å². The molecule has 3 aromatic rings. The summed E-state index contributed by atoms with van der Waals surface area (Å²) in [6, 6.07) is 15.1. The Bertz CT molecular complexity index is 984. The molecule has 1 aliphatic rings. The minimum Gasteiger partial charge on any atom is -0.262 e. The van der Waals surface area contributed by atoms with Gasteiger partial charge in [-0.15, -0.1) is 0 Å². The van der Waals surface area contributed by atoms with Crippen LogP contribution in [0.5, 0.6) is 0 Å². The normalized spacial score (nSPS) is 17.2. The third-order valence-electron chi connectivity index (χ3n) is 6.48. The van der Waals surface area contributed by atoms with E-state index in [4.69, 9.17) is 5.10 Å². The van der Waals surface area contributed by atoms with E-state index in [-0.39, 0.29) is 5.92 Å². The van der Waals surface area contributed by atoms with Gasteiger partial charge < -0.3 is 0 Å². The highest BCUT2D eigenvalue weighted by Gasteiger charge is 2.39. The number of fused-ring (bicyclic) bond motifs is 1. The molecule has 4 heteroatoms. The van der Waals surface area contributed by atoms with Crippen molar-refractivity contribution in [1.82, 2.24) is 9.78 Å². The Morgan fingerprint density at radius 2 is 1.72 bits per heavy atom. The highest BCUT2D eigenvalue weighted by molar-refractivity contribution is 5.81. The first-order chi connectivity index (χ1) is 14.0. The van der Waals surface area contributed by atoms with Gasteiger partial charge in [0.2, 0.25) is 0 Å². The van der Waals surface area contributed by atoms with Crippen LogP contribution < -0.4 is 0 Å². The van der Waals surface area contributed by atoms with Crippen LogP contribution in [0, 0.1) is 5.41 Å². The van der Waals surface area contributed by atoms with Crippen LogP contribution in [-0.4, -0.2) is 15.8 Å². The lowest BCUT2D eigenvalue weighted by Gasteiger charge is -2.31. The molecule has 3 nitrogen and oxygen atoms in total. The SMILES string of the molecule is CC(C)(C(=O)F)C(c1ccccc1)c1ccc2c(cnn2C2CCCCCC2)c1. The smallest absolute Gasteiger partial charge is 0.262 e. The first kappa shape index (κ1) is 19.8. The molecule has 1 aromatic heterocycles. The minimum absolute atomic E-state index is 0.355. The van der Waals surface area contributed by atoms with Crippen LogP contribution in [0.3, 0.4) is 0 Å². The Kier molecular flexibility index (Phi) is 5.53. The van der Waals surface area contributed by atoms with E-state index in [0.717, 1.165) is 22.0 Å². The number of nitrogens with zero attached hydrogens (tertiary/aromatic N) is 2. The average Bonchev–Trinajstić information content (AvgIpc) is 2.94. The number of hydrogen-bond acceptors (Lipinski definition) is 2. The zero-order valence-electron chi connectivity index (χ0n) is 17.3. The molecule has 1 aliphatic carbocycles.